The first-order valence-corrected chi connectivity index (χ1v) is 23.2. The minimum atomic E-state index is 0.570. The van der Waals surface area contributed by atoms with Gasteiger partial charge in [0.1, 0.15) is 22.5 Å². The lowest BCUT2D eigenvalue weighted by atomic mass is 9.95. The summed E-state index contributed by atoms with van der Waals surface area (Å²) in [5.74, 6) is 3.16. The Balaban J connectivity index is 1.46. The van der Waals surface area contributed by atoms with Gasteiger partial charge in [-0.25, -0.2) is 0 Å². The molecule has 4 nitrogen and oxygen atoms in total. The zero-order valence-corrected chi connectivity index (χ0v) is 35.7. The average Bonchev–Trinajstić information content (AvgIpc) is 3.91. The molecular formula is C46H62N2O2S3. The highest BCUT2D eigenvalue weighted by Crippen LogP contribution is 2.50. The molecule has 3 aromatic carbocycles. The molecule has 0 N–H and O–H groups in total. The molecule has 53 heavy (non-hydrogen) atoms. The number of rotatable bonds is 23. The highest BCUT2D eigenvalue weighted by molar-refractivity contribution is 7.23. The molecule has 0 spiro atoms. The summed E-state index contributed by atoms with van der Waals surface area (Å²) in [5, 5.41) is 4.93. The van der Waals surface area contributed by atoms with E-state index >= 15 is 0 Å². The maximum atomic E-state index is 7.09. The third kappa shape index (κ3) is 9.74. The van der Waals surface area contributed by atoms with Crippen molar-refractivity contribution < 1.29 is 9.47 Å². The van der Waals surface area contributed by atoms with Crippen LogP contribution in [0.5, 0.6) is 11.5 Å². The molecule has 3 heterocycles. The Morgan fingerprint density at radius 2 is 1.09 bits per heavy atom. The van der Waals surface area contributed by atoms with E-state index in [-0.39, 0.29) is 0 Å². The fourth-order valence-corrected chi connectivity index (χ4v) is 10.8. The molecule has 6 rings (SSSR count). The molecule has 2 atom stereocenters. The number of aromatic nitrogens is 2. The van der Waals surface area contributed by atoms with E-state index < -0.39 is 0 Å². The molecule has 0 radical (unpaired) electrons. The average molecular weight is 771 g/mol. The molecule has 0 amide bonds. The third-order valence-electron chi connectivity index (χ3n) is 11.1. The molecule has 6 aromatic rings. The van der Waals surface area contributed by atoms with E-state index in [1.807, 2.05) is 22.7 Å². The summed E-state index contributed by atoms with van der Waals surface area (Å²) in [6.07, 6.45) is 20.3. The zero-order chi connectivity index (χ0) is 37.2. The zero-order valence-electron chi connectivity index (χ0n) is 33.3. The van der Waals surface area contributed by atoms with E-state index in [9.17, 15) is 0 Å². The normalized spacial score (nSPS) is 13.2. The van der Waals surface area contributed by atoms with Crippen molar-refractivity contribution in [2.24, 2.45) is 11.8 Å². The minimum absolute atomic E-state index is 0.570. The SMILES string of the molecule is CCCCCCC(CCCC)COc1cc2cc(-c3ccc(C)c4nsnc34)sc2c2c(OCC(CCCC)CCCCCC)cc3cc(C)sc3c12. The first kappa shape index (κ1) is 39.9. The maximum absolute atomic E-state index is 7.09. The monoisotopic (exact) mass is 770 g/mol. The Labute approximate surface area is 331 Å². The standard InChI is InChI=1S/C46H62N2O2S3/c1-7-11-15-17-21-33(19-13-9-3)29-49-38-26-35-25-32(6)51-45(35)41-39(50-30-34(20-14-10-4)22-18-16-12-8-2)27-36-28-40(52-46(36)42(38)41)37-24-23-31(5)43-44(37)48-53-47-43/h23-28,33-34H,7-22,29-30H2,1-6H3. The number of hydrogen-bond acceptors (Lipinski definition) is 7. The van der Waals surface area contributed by atoms with Crippen LogP contribution >= 0.6 is 34.4 Å². The Kier molecular flexibility index (Phi) is 14.9. The van der Waals surface area contributed by atoms with Gasteiger partial charge in [0, 0.05) is 35.5 Å². The van der Waals surface area contributed by atoms with Crippen LogP contribution in [0.3, 0.4) is 0 Å². The summed E-state index contributed by atoms with van der Waals surface area (Å²) < 4.78 is 26.2. The maximum Gasteiger partial charge on any atom is 0.129 e. The molecule has 0 bridgehead atoms. The number of hydrogen-bond donors (Lipinski definition) is 0. The van der Waals surface area contributed by atoms with Gasteiger partial charge in [-0.05, 0) is 92.0 Å². The molecule has 3 aromatic heterocycles. The van der Waals surface area contributed by atoms with Gasteiger partial charge in [-0.15, -0.1) is 22.7 Å². The number of nitrogens with zero attached hydrogens (tertiary/aromatic N) is 2. The molecule has 286 valence electrons. The first-order valence-electron chi connectivity index (χ1n) is 20.9. The summed E-state index contributed by atoms with van der Waals surface area (Å²) in [6, 6.07) is 13.8. The summed E-state index contributed by atoms with van der Waals surface area (Å²) in [7, 11) is 0. The van der Waals surface area contributed by atoms with Crippen LogP contribution in [0.4, 0.5) is 0 Å². The highest BCUT2D eigenvalue weighted by Gasteiger charge is 2.23. The number of fused-ring (bicyclic) bond motifs is 6. The largest absolute Gasteiger partial charge is 0.493 e. The highest BCUT2D eigenvalue weighted by atomic mass is 32.1. The number of ether oxygens (including phenoxy) is 2. The second-order valence-corrected chi connectivity index (χ2v) is 18.4. The van der Waals surface area contributed by atoms with Crippen molar-refractivity contribution in [2.75, 3.05) is 13.2 Å². The molecule has 0 saturated carbocycles. The predicted molar refractivity (Wildman–Crippen MR) is 235 cm³/mol. The Hall–Kier alpha value is -2.74. The number of unbranched alkanes of at least 4 members (excludes halogenated alkanes) is 8. The van der Waals surface area contributed by atoms with E-state index in [0.29, 0.717) is 11.8 Å². The quantitative estimate of drug-likeness (QED) is 0.0609. The minimum Gasteiger partial charge on any atom is -0.493 e. The summed E-state index contributed by atoms with van der Waals surface area (Å²) >= 11 is 5.06. The van der Waals surface area contributed by atoms with Crippen molar-refractivity contribution in [3.8, 4) is 21.9 Å². The van der Waals surface area contributed by atoms with E-state index in [1.54, 1.807) is 0 Å². The number of aryl methyl sites for hydroxylation is 2. The molecule has 0 fully saturated rings. The molecule has 2 unspecified atom stereocenters. The second kappa shape index (κ2) is 19.7. The van der Waals surface area contributed by atoms with Crippen molar-refractivity contribution >= 4 is 76.4 Å². The van der Waals surface area contributed by atoms with Crippen LogP contribution in [-0.4, -0.2) is 22.0 Å². The van der Waals surface area contributed by atoms with E-state index in [1.165, 1.54) is 161 Å². The van der Waals surface area contributed by atoms with E-state index in [2.05, 4.69) is 82.3 Å². The lowest BCUT2D eigenvalue weighted by molar-refractivity contribution is 0.226. The fourth-order valence-electron chi connectivity index (χ4n) is 7.96. The first-order chi connectivity index (χ1) is 25.9. The van der Waals surface area contributed by atoms with Crippen LogP contribution < -0.4 is 9.47 Å². The smallest absolute Gasteiger partial charge is 0.129 e. The predicted octanol–water partition coefficient (Wildman–Crippen LogP) is 15.9. The van der Waals surface area contributed by atoms with Crippen LogP contribution in [0.1, 0.15) is 141 Å². The third-order valence-corrected chi connectivity index (χ3v) is 13.9. The Morgan fingerprint density at radius 3 is 1.68 bits per heavy atom. The van der Waals surface area contributed by atoms with Gasteiger partial charge in [-0.2, -0.15) is 8.75 Å². The van der Waals surface area contributed by atoms with Gasteiger partial charge in [0.05, 0.1) is 24.9 Å². The van der Waals surface area contributed by atoms with Gasteiger partial charge in [0.2, 0.25) is 0 Å². The molecule has 0 aliphatic rings. The van der Waals surface area contributed by atoms with Crippen molar-refractivity contribution in [1.29, 1.82) is 0 Å². The Morgan fingerprint density at radius 1 is 0.566 bits per heavy atom. The van der Waals surface area contributed by atoms with Gasteiger partial charge >= 0.3 is 0 Å². The Bertz CT molecular complexity index is 2030. The van der Waals surface area contributed by atoms with Crippen LogP contribution in [0.15, 0.2) is 36.4 Å². The van der Waals surface area contributed by atoms with E-state index in [0.717, 1.165) is 41.3 Å². The number of thiophene rings is 2. The van der Waals surface area contributed by atoms with Gasteiger partial charge in [-0.1, -0.05) is 117 Å². The van der Waals surface area contributed by atoms with Crippen molar-refractivity contribution in [2.45, 2.75) is 144 Å². The van der Waals surface area contributed by atoms with Gasteiger partial charge in [0.25, 0.3) is 0 Å². The summed E-state index contributed by atoms with van der Waals surface area (Å²) in [4.78, 5) is 2.54. The molecule has 7 heteroatoms. The molecular weight excluding hydrogens is 709 g/mol. The van der Waals surface area contributed by atoms with Crippen LogP contribution in [0.2, 0.25) is 0 Å². The van der Waals surface area contributed by atoms with Crippen molar-refractivity contribution in [3.05, 3.63) is 46.8 Å². The number of benzene rings is 3. The second-order valence-electron chi connectivity index (χ2n) is 15.5. The summed E-state index contributed by atoms with van der Waals surface area (Å²) in [5.41, 5.74) is 4.34. The molecule has 0 aliphatic carbocycles. The van der Waals surface area contributed by atoms with Crippen LogP contribution in [0.25, 0.3) is 52.4 Å². The van der Waals surface area contributed by atoms with Gasteiger partial charge in [-0.3, -0.25) is 0 Å². The fraction of sp³-hybridized carbons (Fsp3) is 0.565. The lowest BCUT2D eigenvalue weighted by Crippen LogP contribution is -2.13. The molecule has 0 aliphatic heterocycles. The van der Waals surface area contributed by atoms with E-state index in [4.69, 9.17) is 13.8 Å². The van der Waals surface area contributed by atoms with Crippen LogP contribution in [0, 0.1) is 25.7 Å². The van der Waals surface area contributed by atoms with Crippen LogP contribution in [-0.2, 0) is 0 Å². The van der Waals surface area contributed by atoms with Gasteiger partial charge in [0.15, 0.2) is 0 Å². The van der Waals surface area contributed by atoms with Crippen molar-refractivity contribution in [3.63, 3.8) is 0 Å². The summed E-state index contributed by atoms with van der Waals surface area (Å²) in [6.45, 7) is 15.1. The van der Waals surface area contributed by atoms with Gasteiger partial charge < -0.3 is 9.47 Å². The topological polar surface area (TPSA) is 44.2 Å². The van der Waals surface area contributed by atoms with Crippen molar-refractivity contribution in [1.82, 2.24) is 8.75 Å². The lowest BCUT2D eigenvalue weighted by Gasteiger charge is -2.21. The molecule has 0 saturated heterocycles.